The highest BCUT2D eigenvalue weighted by atomic mass is 32.2. The van der Waals surface area contributed by atoms with Crippen molar-refractivity contribution in [2.24, 2.45) is 0 Å². The third-order valence-electron chi connectivity index (χ3n) is 5.50. The molecule has 3 aromatic carbocycles. The van der Waals surface area contributed by atoms with Gasteiger partial charge in [0.05, 0.1) is 41.1 Å². The van der Waals surface area contributed by atoms with Gasteiger partial charge in [-0.2, -0.15) is 8.42 Å². The number of ether oxygens (including phenoxy) is 5. The lowest BCUT2D eigenvalue weighted by Gasteiger charge is -2.17. The maximum atomic E-state index is 13.0. The van der Waals surface area contributed by atoms with Crippen LogP contribution in [0.25, 0.3) is 17.2 Å². The molecule has 0 radical (unpaired) electrons. The molecule has 1 N–H and O–H groups in total. The highest BCUT2D eigenvalue weighted by Crippen LogP contribution is 2.39. The molecule has 37 heavy (non-hydrogen) atoms. The van der Waals surface area contributed by atoms with Crippen LogP contribution in [0, 0.1) is 0 Å². The summed E-state index contributed by atoms with van der Waals surface area (Å²) < 4.78 is 74.5. The minimum Gasteiger partial charge on any atom is -0.612 e. The fourth-order valence-electron chi connectivity index (χ4n) is 3.74. The molecule has 0 saturated carbocycles. The molecule has 0 aliphatic heterocycles. The number of rotatable bonds is 11. The predicted octanol–water partition coefficient (Wildman–Crippen LogP) is 4.56. The van der Waals surface area contributed by atoms with E-state index < -0.39 is 21.3 Å². The van der Waals surface area contributed by atoms with E-state index in [1.165, 1.54) is 53.1 Å². The van der Waals surface area contributed by atoms with Gasteiger partial charge in [0.25, 0.3) is 10.1 Å². The van der Waals surface area contributed by atoms with E-state index in [-0.39, 0.29) is 16.2 Å². The first-order valence-corrected chi connectivity index (χ1v) is 13.7. The van der Waals surface area contributed by atoms with Crippen LogP contribution in [0.2, 0.25) is 0 Å². The third kappa shape index (κ3) is 6.50. The fraction of sp³-hybridized carbons (Fsp3) is 0.231. The first kappa shape index (κ1) is 28.2. The Labute approximate surface area is 219 Å². The van der Waals surface area contributed by atoms with Gasteiger partial charge in [0, 0.05) is 34.9 Å². The number of hydrogen-bond acceptors (Lipinski definition) is 8. The number of benzene rings is 3. The van der Waals surface area contributed by atoms with Crippen molar-refractivity contribution in [1.29, 1.82) is 0 Å². The number of para-hydroxylation sites is 1. The van der Waals surface area contributed by atoms with Crippen molar-refractivity contribution in [3.63, 3.8) is 0 Å². The van der Waals surface area contributed by atoms with E-state index in [1.54, 1.807) is 42.5 Å². The Morgan fingerprint density at radius 2 is 1.41 bits per heavy atom. The molecular formula is C26H28O9S2. The zero-order valence-corrected chi connectivity index (χ0v) is 22.6. The Hall–Kier alpha value is -3.38. The Balaban J connectivity index is 2.02. The number of methoxy groups -OCH3 is 5. The minimum absolute atomic E-state index is 0.0881. The van der Waals surface area contributed by atoms with Crippen LogP contribution in [0.5, 0.6) is 28.7 Å². The van der Waals surface area contributed by atoms with Crippen LogP contribution in [-0.4, -0.2) is 53.1 Å². The van der Waals surface area contributed by atoms with Crippen molar-refractivity contribution in [3.8, 4) is 39.9 Å². The van der Waals surface area contributed by atoms with Gasteiger partial charge in [0.2, 0.25) is 0 Å². The van der Waals surface area contributed by atoms with Crippen LogP contribution in [0.3, 0.4) is 0 Å². The molecular weight excluding hydrogens is 520 g/mol. The van der Waals surface area contributed by atoms with Gasteiger partial charge in [-0.3, -0.25) is 4.55 Å². The SMILES string of the molecule is COc1cc(OC)c(C=C[S+]([O-])Cc2cc(S(=O)(=O)O)c(-c3ccccc3OC)cc2OC)c(OC)c1. The zero-order valence-electron chi connectivity index (χ0n) is 21.0. The van der Waals surface area contributed by atoms with Crippen molar-refractivity contribution < 1.29 is 41.2 Å². The first-order chi connectivity index (χ1) is 17.7. The first-order valence-electron chi connectivity index (χ1n) is 10.8. The molecule has 0 spiro atoms. The second-order valence-electron chi connectivity index (χ2n) is 7.61. The van der Waals surface area contributed by atoms with Gasteiger partial charge in [-0.1, -0.05) is 18.2 Å². The van der Waals surface area contributed by atoms with Gasteiger partial charge >= 0.3 is 0 Å². The smallest absolute Gasteiger partial charge is 0.295 e. The van der Waals surface area contributed by atoms with Crippen LogP contribution in [0.15, 0.2) is 58.8 Å². The Kier molecular flexibility index (Phi) is 9.33. The second-order valence-corrected chi connectivity index (χ2v) is 10.3. The van der Waals surface area contributed by atoms with Crippen molar-refractivity contribution in [1.82, 2.24) is 0 Å². The van der Waals surface area contributed by atoms with Gasteiger partial charge in [0.15, 0.2) is 0 Å². The van der Waals surface area contributed by atoms with Gasteiger partial charge < -0.3 is 28.2 Å². The van der Waals surface area contributed by atoms with Crippen molar-refractivity contribution in [2.75, 3.05) is 35.5 Å². The van der Waals surface area contributed by atoms with E-state index in [9.17, 15) is 17.5 Å². The molecule has 0 bridgehead atoms. The molecule has 3 aromatic rings. The summed E-state index contributed by atoms with van der Waals surface area (Å²) in [5, 5.41) is 1.44. The number of hydrogen-bond donors (Lipinski definition) is 1. The predicted molar refractivity (Wildman–Crippen MR) is 142 cm³/mol. The summed E-state index contributed by atoms with van der Waals surface area (Å²) in [4.78, 5) is -0.354. The van der Waals surface area contributed by atoms with E-state index in [1.807, 2.05) is 0 Å². The van der Waals surface area contributed by atoms with E-state index in [2.05, 4.69) is 0 Å². The molecule has 0 amide bonds. The van der Waals surface area contributed by atoms with Crippen LogP contribution in [-0.2, 0) is 27.0 Å². The second kappa shape index (κ2) is 12.2. The molecule has 0 aliphatic carbocycles. The summed E-state index contributed by atoms with van der Waals surface area (Å²) in [6.07, 6.45) is 1.59. The van der Waals surface area contributed by atoms with Crippen molar-refractivity contribution >= 4 is 27.4 Å². The summed E-state index contributed by atoms with van der Waals surface area (Å²) in [6, 6.07) is 12.9. The monoisotopic (exact) mass is 548 g/mol. The molecule has 1 unspecified atom stereocenters. The lowest BCUT2D eigenvalue weighted by atomic mass is 10.0. The zero-order chi connectivity index (χ0) is 27.2. The quantitative estimate of drug-likeness (QED) is 0.271. The summed E-state index contributed by atoms with van der Waals surface area (Å²) in [5.74, 6) is 2.07. The Morgan fingerprint density at radius 1 is 0.811 bits per heavy atom. The van der Waals surface area contributed by atoms with Crippen molar-refractivity contribution in [3.05, 3.63) is 65.1 Å². The summed E-state index contributed by atoms with van der Waals surface area (Å²) in [6.45, 7) is 0. The van der Waals surface area contributed by atoms with E-state index in [4.69, 9.17) is 23.7 Å². The van der Waals surface area contributed by atoms with Gasteiger partial charge in [0.1, 0.15) is 44.8 Å². The molecule has 3 rings (SSSR count). The topological polar surface area (TPSA) is 124 Å². The van der Waals surface area contributed by atoms with Crippen LogP contribution >= 0.6 is 0 Å². The molecule has 11 heteroatoms. The van der Waals surface area contributed by atoms with Gasteiger partial charge in [-0.25, -0.2) is 0 Å². The molecule has 0 saturated heterocycles. The maximum Gasteiger partial charge on any atom is 0.295 e. The standard InChI is InChI=1S/C26H28O9S2/c1-31-18-13-24(34-4)20(25(14-18)35-5)10-11-36(27)16-17-12-26(37(28,29)30)21(15-23(17)33-3)19-8-6-7-9-22(19)32-2/h6-15H,16H2,1-5H3,(H,28,29,30). The van der Waals surface area contributed by atoms with Crippen molar-refractivity contribution in [2.45, 2.75) is 10.6 Å². The minimum atomic E-state index is -4.64. The van der Waals surface area contributed by atoms with E-state index in [0.29, 0.717) is 45.4 Å². The molecule has 9 nitrogen and oxygen atoms in total. The molecule has 0 aliphatic rings. The maximum absolute atomic E-state index is 13.0. The normalized spacial score (nSPS) is 12.3. The summed E-state index contributed by atoms with van der Waals surface area (Å²) in [5.41, 5.74) is 1.51. The molecule has 0 aromatic heterocycles. The third-order valence-corrected chi connectivity index (χ3v) is 7.42. The van der Waals surface area contributed by atoms with E-state index in [0.717, 1.165) is 0 Å². The largest absolute Gasteiger partial charge is 0.612 e. The summed E-state index contributed by atoms with van der Waals surface area (Å²) in [7, 11) is 2.74. The average Bonchev–Trinajstić information content (AvgIpc) is 2.90. The lowest BCUT2D eigenvalue weighted by molar-refractivity contribution is 0.374. The molecule has 198 valence electrons. The Bertz CT molecular complexity index is 1360. The van der Waals surface area contributed by atoms with Crippen LogP contribution in [0.1, 0.15) is 11.1 Å². The fourth-order valence-corrected chi connectivity index (χ4v) is 5.39. The van der Waals surface area contributed by atoms with E-state index >= 15 is 0 Å². The molecule has 0 fully saturated rings. The highest BCUT2D eigenvalue weighted by molar-refractivity contribution is 7.93. The highest BCUT2D eigenvalue weighted by Gasteiger charge is 2.24. The Morgan fingerprint density at radius 3 is 1.95 bits per heavy atom. The lowest BCUT2D eigenvalue weighted by Crippen LogP contribution is -2.07. The molecule has 1 atom stereocenters. The summed E-state index contributed by atoms with van der Waals surface area (Å²) >= 11 is -1.61. The average molecular weight is 549 g/mol. The van der Waals surface area contributed by atoms with Crippen LogP contribution < -0.4 is 23.7 Å². The van der Waals surface area contributed by atoms with Crippen LogP contribution in [0.4, 0.5) is 0 Å². The molecule has 0 heterocycles. The van der Waals surface area contributed by atoms with Gasteiger partial charge in [-0.05, 0) is 29.4 Å². The van der Waals surface area contributed by atoms with Gasteiger partial charge in [-0.15, -0.1) is 0 Å².